The van der Waals surface area contributed by atoms with Crippen LogP contribution in [-0.4, -0.2) is 18.9 Å². The first-order valence-electron chi connectivity index (χ1n) is 4.56. The molecule has 0 fully saturated rings. The molecule has 80 valence electrons. The van der Waals surface area contributed by atoms with Gasteiger partial charge in [0, 0.05) is 3.58 Å². The van der Waals surface area contributed by atoms with Gasteiger partial charge in [-0.25, -0.2) is 0 Å². The highest BCUT2D eigenvalue weighted by Gasteiger charge is 2.36. The minimum atomic E-state index is -2.99. The van der Waals surface area contributed by atoms with Gasteiger partial charge >= 0.3 is 7.60 Å². The summed E-state index contributed by atoms with van der Waals surface area (Å²) < 4.78 is 23.8. The maximum absolute atomic E-state index is 12.3. The Morgan fingerprint density at radius 3 is 2.36 bits per heavy atom. The van der Waals surface area contributed by atoms with Crippen LogP contribution in [0.5, 0.6) is 0 Å². The summed E-state index contributed by atoms with van der Waals surface area (Å²) in [5.74, 6) is 0. The van der Waals surface area contributed by atoms with Crippen LogP contribution in [0.15, 0.2) is 21.8 Å². The largest absolute Gasteiger partial charge is 0.342 e. The molecule has 0 N–H and O–H groups in total. The van der Waals surface area contributed by atoms with Gasteiger partial charge in [-0.1, -0.05) is 18.2 Å². The van der Waals surface area contributed by atoms with Crippen LogP contribution in [0.4, 0.5) is 0 Å². The maximum atomic E-state index is 12.3. The second-order valence-electron chi connectivity index (χ2n) is 2.76. The summed E-state index contributed by atoms with van der Waals surface area (Å²) in [7, 11) is -2.99. The number of rotatable bonds is 5. The summed E-state index contributed by atoms with van der Waals surface area (Å²) in [5.41, 5.74) is -0.206. The Hall–Kier alpha value is 0.360. The van der Waals surface area contributed by atoms with E-state index in [1.165, 1.54) is 0 Å². The maximum Gasteiger partial charge on any atom is 0.342 e. The van der Waals surface area contributed by atoms with Crippen LogP contribution in [0.2, 0.25) is 0 Å². The lowest BCUT2D eigenvalue weighted by molar-refractivity contribution is 0.218. The smallest absolute Gasteiger partial charge is 0.308 e. The van der Waals surface area contributed by atoms with Crippen LogP contribution in [0.1, 0.15) is 13.8 Å². The SMILES string of the molecule is CCOP(=O)(OCC)C1C=CC=C1I. The molecule has 0 aliphatic heterocycles. The van der Waals surface area contributed by atoms with Crippen LogP contribution in [0, 0.1) is 0 Å². The van der Waals surface area contributed by atoms with E-state index in [0.29, 0.717) is 13.2 Å². The van der Waals surface area contributed by atoms with Gasteiger partial charge in [0.25, 0.3) is 0 Å². The van der Waals surface area contributed by atoms with E-state index in [4.69, 9.17) is 9.05 Å². The fraction of sp³-hybridized carbons (Fsp3) is 0.556. The van der Waals surface area contributed by atoms with Gasteiger partial charge in [0.05, 0.1) is 13.2 Å². The van der Waals surface area contributed by atoms with Gasteiger partial charge in [-0.15, -0.1) is 0 Å². The lowest BCUT2D eigenvalue weighted by Gasteiger charge is -2.22. The standard InChI is InChI=1S/C9H14IO3P/c1-3-12-14(11,13-4-2)9-7-5-6-8(9)10/h5-7,9H,3-4H2,1-2H3. The van der Waals surface area contributed by atoms with E-state index in [0.717, 1.165) is 3.58 Å². The van der Waals surface area contributed by atoms with Crippen LogP contribution >= 0.6 is 30.2 Å². The van der Waals surface area contributed by atoms with E-state index in [-0.39, 0.29) is 5.66 Å². The molecule has 0 aromatic heterocycles. The Kier molecular flexibility index (Phi) is 4.83. The molecule has 0 amide bonds. The Bertz CT molecular complexity index is 288. The van der Waals surface area contributed by atoms with Crippen molar-refractivity contribution in [2.75, 3.05) is 13.2 Å². The van der Waals surface area contributed by atoms with Gasteiger partial charge < -0.3 is 9.05 Å². The third-order valence-electron chi connectivity index (χ3n) is 1.79. The molecule has 0 heterocycles. The van der Waals surface area contributed by atoms with Gasteiger partial charge in [-0.05, 0) is 36.4 Å². The Morgan fingerprint density at radius 2 is 2.00 bits per heavy atom. The molecule has 1 aliphatic carbocycles. The fourth-order valence-corrected chi connectivity index (χ4v) is 4.51. The van der Waals surface area contributed by atoms with Crippen LogP contribution in [0.3, 0.4) is 0 Å². The highest BCUT2D eigenvalue weighted by atomic mass is 127. The van der Waals surface area contributed by atoms with Crippen molar-refractivity contribution in [1.82, 2.24) is 0 Å². The molecule has 0 bridgehead atoms. The first kappa shape index (κ1) is 12.4. The minimum absolute atomic E-state index is 0.206. The Balaban J connectivity index is 2.82. The van der Waals surface area contributed by atoms with Gasteiger partial charge in [0.1, 0.15) is 5.66 Å². The summed E-state index contributed by atoms with van der Waals surface area (Å²) in [5, 5.41) is 0. The summed E-state index contributed by atoms with van der Waals surface area (Å²) in [6.07, 6.45) is 5.68. The van der Waals surface area contributed by atoms with Crippen molar-refractivity contribution in [3.05, 3.63) is 21.8 Å². The highest BCUT2D eigenvalue weighted by molar-refractivity contribution is 14.1. The van der Waals surface area contributed by atoms with Crippen LogP contribution in [-0.2, 0) is 13.6 Å². The van der Waals surface area contributed by atoms with Crippen molar-refractivity contribution >= 4 is 30.2 Å². The second-order valence-corrected chi connectivity index (χ2v) is 6.15. The van der Waals surface area contributed by atoms with Crippen molar-refractivity contribution in [1.29, 1.82) is 0 Å². The monoisotopic (exact) mass is 328 g/mol. The quantitative estimate of drug-likeness (QED) is 0.572. The summed E-state index contributed by atoms with van der Waals surface area (Å²) in [6, 6.07) is 0. The van der Waals surface area contributed by atoms with Gasteiger partial charge in [0.2, 0.25) is 0 Å². The zero-order chi connectivity index (χ0) is 10.6. The summed E-state index contributed by atoms with van der Waals surface area (Å²) in [6.45, 7) is 4.46. The lowest BCUT2D eigenvalue weighted by Crippen LogP contribution is -2.09. The van der Waals surface area contributed by atoms with E-state index in [1.54, 1.807) is 0 Å². The summed E-state index contributed by atoms with van der Waals surface area (Å²) in [4.78, 5) is 0. The topological polar surface area (TPSA) is 35.5 Å². The number of hydrogen-bond acceptors (Lipinski definition) is 3. The van der Waals surface area contributed by atoms with E-state index in [2.05, 4.69) is 22.6 Å². The van der Waals surface area contributed by atoms with Crippen LogP contribution in [0.25, 0.3) is 0 Å². The van der Waals surface area contributed by atoms with E-state index >= 15 is 0 Å². The minimum Gasteiger partial charge on any atom is -0.308 e. The normalized spacial score (nSPS) is 21.4. The molecular weight excluding hydrogens is 314 g/mol. The van der Waals surface area contributed by atoms with Crippen molar-refractivity contribution in [2.45, 2.75) is 19.5 Å². The zero-order valence-corrected chi connectivity index (χ0v) is 11.3. The fourth-order valence-electron chi connectivity index (χ4n) is 1.26. The molecule has 1 unspecified atom stereocenters. The number of halogens is 1. The molecule has 0 aromatic carbocycles. The first-order valence-corrected chi connectivity index (χ1v) is 7.25. The molecule has 0 spiro atoms. The second kappa shape index (κ2) is 5.45. The average molecular weight is 328 g/mol. The molecule has 14 heavy (non-hydrogen) atoms. The summed E-state index contributed by atoms with van der Waals surface area (Å²) >= 11 is 2.16. The van der Waals surface area contributed by atoms with E-state index < -0.39 is 7.60 Å². The van der Waals surface area contributed by atoms with Crippen molar-refractivity contribution in [3.8, 4) is 0 Å². The van der Waals surface area contributed by atoms with Gasteiger partial charge in [0.15, 0.2) is 0 Å². The molecule has 1 rings (SSSR count). The number of hydrogen-bond donors (Lipinski definition) is 0. The predicted molar refractivity (Wildman–Crippen MR) is 65.9 cm³/mol. The van der Waals surface area contributed by atoms with Crippen molar-refractivity contribution in [3.63, 3.8) is 0 Å². The van der Waals surface area contributed by atoms with E-state index in [1.807, 2.05) is 32.1 Å². The molecule has 1 atom stereocenters. The molecule has 0 radical (unpaired) electrons. The van der Waals surface area contributed by atoms with Crippen molar-refractivity contribution < 1.29 is 13.6 Å². The Morgan fingerprint density at radius 1 is 1.43 bits per heavy atom. The van der Waals surface area contributed by atoms with Gasteiger partial charge in [-0.2, -0.15) is 0 Å². The lowest BCUT2D eigenvalue weighted by atomic mass is 10.5. The predicted octanol–water partition coefficient (Wildman–Crippen LogP) is 3.51. The first-order chi connectivity index (χ1) is 6.64. The molecule has 1 aliphatic rings. The van der Waals surface area contributed by atoms with Crippen LogP contribution < -0.4 is 0 Å². The molecule has 0 aromatic rings. The molecule has 5 heteroatoms. The third-order valence-corrected chi connectivity index (χ3v) is 5.68. The zero-order valence-electron chi connectivity index (χ0n) is 8.27. The molecule has 3 nitrogen and oxygen atoms in total. The Labute approximate surface area is 98.2 Å². The molecule has 0 saturated carbocycles. The average Bonchev–Trinajstić information content (AvgIpc) is 2.52. The highest BCUT2D eigenvalue weighted by Crippen LogP contribution is 2.58. The third kappa shape index (κ3) is 2.69. The molecular formula is C9H14IO3P. The van der Waals surface area contributed by atoms with E-state index in [9.17, 15) is 4.57 Å². The molecule has 0 saturated heterocycles. The number of allylic oxidation sites excluding steroid dienone is 4. The van der Waals surface area contributed by atoms with Crippen molar-refractivity contribution in [2.24, 2.45) is 0 Å². The van der Waals surface area contributed by atoms with Gasteiger partial charge in [-0.3, -0.25) is 4.57 Å².